The molecule has 0 saturated heterocycles. The Morgan fingerprint density at radius 1 is 1.05 bits per heavy atom. The van der Waals surface area contributed by atoms with Gasteiger partial charge in [-0.1, -0.05) is 59.2 Å². The van der Waals surface area contributed by atoms with E-state index in [1.165, 1.54) is 24.8 Å². The van der Waals surface area contributed by atoms with Crippen molar-refractivity contribution in [2.24, 2.45) is 0 Å². The van der Waals surface area contributed by atoms with E-state index in [9.17, 15) is 0 Å². The van der Waals surface area contributed by atoms with E-state index in [0.29, 0.717) is 12.0 Å². The van der Waals surface area contributed by atoms with Crippen LogP contribution in [0, 0.1) is 0 Å². The molecule has 0 bridgehead atoms. The van der Waals surface area contributed by atoms with E-state index in [4.69, 9.17) is 4.74 Å². The van der Waals surface area contributed by atoms with Crippen LogP contribution in [-0.2, 0) is 0 Å². The van der Waals surface area contributed by atoms with E-state index in [-0.39, 0.29) is 6.10 Å². The van der Waals surface area contributed by atoms with Crippen molar-refractivity contribution in [2.45, 2.75) is 78.4 Å². The molecule has 0 saturated carbocycles. The van der Waals surface area contributed by atoms with Crippen LogP contribution in [0.2, 0.25) is 0 Å². The van der Waals surface area contributed by atoms with Gasteiger partial charge < -0.3 is 10.1 Å². The Kier molecular flexibility index (Phi) is 8.44. The third-order valence-corrected chi connectivity index (χ3v) is 3.93. The summed E-state index contributed by atoms with van der Waals surface area (Å²) < 4.78 is 6.41. The van der Waals surface area contributed by atoms with Crippen LogP contribution in [0.4, 0.5) is 0 Å². The van der Waals surface area contributed by atoms with Crippen molar-refractivity contribution in [2.75, 3.05) is 6.54 Å². The number of ether oxygens (including phenoxy) is 1. The number of benzene rings is 1. The first-order chi connectivity index (χ1) is 10.1. The largest absolute Gasteiger partial charge is 0.489 e. The standard InChI is InChI=1S/C19H33NO/c1-6-11-17(20-14-7-2)18(8-3)21-19-13-10-9-12-16(19)15(4)5/h9-10,12-13,15,17-18,20H,6-8,11,14H2,1-5H3. The van der Waals surface area contributed by atoms with Crippen molar-refractivity contribution in [3.63, 3.8) is 0 Å². The molecule has 0 amide bonds. The lowest BCUT2D eigenvalue weighted by molar-refractivity contribution is 0.141. The van der Waals surface area contributed by atoms with E-state index < -0.39 is 0 Å². The van der Waals surface area contributed by atoms with Gasteiger partial charge in [-0.05, 0) is 43.4 Å². The minimum absolute atomic E-state index is 0.247. The Bertz CT molecular complexity index is 389. The van der Waals surface area contributed by atoms with Crippen molar-refractivity contribution < 1.29 is 4.74 Å². The second-order valence-corrected chi connectivity index (χ2v) is 6.11. The number of nitrogens with one attached hydrogen (secondary N) is 1. The Morgan fingerprint density at radius 3 is 2.33 bits per heavy atom. The quantitative estimate of drug-likeness (QED) is 0.645. The van der Waals surface area contributed by atoms with E-state index in [2.05, 4.69) is 64.2 Å². The molecule has 1 aromatic rings. The van der Waals surface area contributed by atoms with Gasteiger partial charge in [-0.25, -0.2) is 0 Å². The number of para-hydroxylation sites is 1. The van der Waals surface area contributed by atoms with Crippen molar-refractivity contribution in [3.8, 4) is 5.75 Å². The minimum Gasteiger partial charge on any atom is -0.489 e. The van der Waals surface area contributed by atoms with Gasteiger partial charge >= 0.3 is 0 Å². The van der Waals surface area contributed by atoms with E-state index in [0.717, 1.165) is 18.7 Å². The van der Waals surface area contributed by atoms with Gasteiger partial charge in [0, 0.05) is 6.04 Å². The Morgan fingerprint density at radius 2 is 1.76 bits per heavy atom. The lowest BCUT2D eigenvalue weighted by atomic mass is 10.0. The zero-order valence-corrected chi connectivity index (χ0v) is 14.5. The Balaban J connectivity index is 2.84. The van der Waals surface area contributed by atoms with Crippen LogP contribution in [0.25, 0.3) is 0 Å². The summed E-state index contributed by atoms with van der Waals surface area (Å²) in [6.45, 7) is 12.2. The van der Waals surface area contributed by atoms with Gasteiger partial charge in [0.2, 0.25) is 0 Å². The maximum absolute atomic E-state index is 6.41. The van der Waals surface area contributed by atoms with Gasteiger partial charge in [-0.2, -0.15) is 0 Å². The molecule has 21 heavy (non-hydrogen) atoms. The van der Waals surface area contributed by atoms with Gasteiger partial charge in [0.05, 0.1) is 0 Å². The average Bonchev–Trinajstić information content (AvgIpc) is 2.49. The third-order valence-electron chi connectivity index (χ3n) is 3.93. The molecule has 0 aromatic heterocycles. The zero-order chi connectivity index (χ0) is 15.7. The van der Waals surface area contributed by atoms with Crippen molar-refractivity contribution in [1.29, 1.82) is 0 Å². The van der Waals surface area contributed by atoms with Gasteiger partial charge in [0.15, 0.2) is 0 Å². The Labute approximate surface area is 131 Å². The van der Waals surface area contributed by atoms with Crippen LogP contribution in [0.15, 0.2) is 24.3 Å². The van der Waals surface area contributed by atoms with Gasteiger partial charge in [-0.15, -0.1) is 0 Å². The summed E-state index contributed by atoms with van der Waals surface area (Å²) in [5.74, 6) is 1.55. The summed E-state index contributed by atoms with van der Waals surface area (Å²) in [6, 6.07) is 8.91. The van der Waals surface area contributed by atoms with E-state index in [1.54, 1.807) is 0 Å². The molecular formula is C19H33NO. The normalized spacial score (nSPS) is 14.2. The average molecular weight is 291 g/mol. The van der Waals surface area contributed by atoms with E-state index in [1.807, 2.05) is 0 Å². The molecule has 2 heteroatoms. The summed E-state index contributed by atoms with van der Waals surface area (Å²) >= 11 is 0. The topological polar surface area (TPSA) is 21.3 Å². The molecule has 0 aliphatic heterocycles. The number of hydrogen-bond donors (Lipinski definition) is 1. The number of hydrogen-bond acceptors (Lipinski definition) is 2. The summed E-state index contributed by atoms with van der Waals surface area (Å²) in [5.41, 5.74) is 1.31. The predicted molar refractivity (Wildman–Crippen MR) is 92.2 cm³/mol. The highest BCUT2D eigenvalue weighted by atomic mass is 16.5. The van der Waals surface area contributed by atoms with Crippen LogP contribution in [-0.4, -0.2) is 18.7 Å². The SMILES string of the molecule is CCCNC(CCC)C(CC)Oc1ccccc1C(C)C. The Hall–Kier alpha value is -1.02. The molecular weight excluding hydrogens is 258 g/mol. The van der Waals surface area contributed by atoms with Crippen molar-refractivity contribution in [3.05, 3.63) is 29.8 Å². The molecule has 1 rings (SSSR count). The van der Waals surface area contributed by atoms with Crippen LogP contribution in [0.3, 0.4) is 0 Å². The van der Waals surface area contributed by atoms with Crippen LogP contribution < -0.4 is 10.1 Å². The van der Waals surface area contributed by atoms with Gasteiger partial charge in [0.25, 0.3) is 0 Å². The molecule has 2 unspecified atom stereocenters. The van der Waals surface area contributed by atoms with Crippen molar-refractivity contribution in [1.82, 2.24) is 5.32 Å². The van der Waals surface area contributed by atoms with Crippen LogP contribution in [0.1, 0.15) is 71.8 Å². The smallest absolute Gasteiger partial charge is 0.123 e. The first-order valence-corrected chi connectivity index (χ1v) is 8.62. The first kappa shape index (κ1) is 18.0. The van der Waals surface area contributed by atoms with Crippen LogP contribution >= 0.6 is 0 Å². The molecule has 2 nitrogen and oxygen atoms in total. The fourth-order valence-electron chi connectivity index (χ4n) is 2.74. The number of rotatable bonds is 10. The van der Waals surface area contributed by atoms with Crippen molar-refractivity contribution >= 4 is 0 Å². The zero-order valence-electron chi connectivity index (χ0n) is 14.5. The molecule has 1 N–H and O–H groups in total. The van der Waals surface area contributed by atoms with Gasteiger partial charge in [0.1, 0.15) is 11.9 Å². The molecule has 0 fully saturated rings. The second-order valence-electron chi connectivity index (χ2n) is 6.11. The lowest BCUT2D eigenvalue weighted by Gasteiger charge is -2.29. The summed E-state index contributed by atoms with van der Waals surface area (Å²) in [4.78, 5) is 0. The highest BCUT2D eigenvalue weighted by Gasteiger charge is 2.21. The van der Waals surface area contributed by atoms with Gasteiger partial charge in [-0.3, -0.25) is 0 Å². The minimum atomic E-state index is 0.247. The van der Waals surface area contributed by atoms with Crippen LogP contribution in [0.5, 0.6) is 5.75 Å². The molecule has 0 radical (unpaired) electrons. The summed E-state index contributed by atoms with van der Waals surface area (Å²) in [5, 5.41) is 3.67. The third kappa shape index (κ3) is 5.70. The maximum Gasteiger partial charge on any atom is 0.123 e. The summed E-state index contributed by atoms with van der Waals surface area (Å²) in [6.07, 6.45) is 4.80. The molecule has 120 valence electrons. The molecule has 0 heterocycles. The highest BCUT2D eigenvalue weighted by Crippen LogP contribution is 2.28. The molecule has 2 atom stereocenters. The molecule has 0 aliphatic carbocycles. The fraction of sp³-hybridized carbons (Fsp3) is 0.684. The first-order valence-electron chi connectivity index (χ1n) is 8.62. The maximum atomic E-state index is 6.41. The lowest BCUT2D eigenvalue weighted by Crippen LogP contribution is -2.43. The summed E-state index contributed by atoms with van der Waals surface area (Å²) in [7, 11) is 0. The predicted octanol–water partition coefficient (Wildman–Crippen LogP) is 5.14. The highest BCUT2D eigenvalue weighted by molar-refractivity contribution is 5.35. The molecule has 1 aromatic carbocycles. The second kappa shape index (κ2) is 9.83. The molecule has 0 spiro atoms. The fourth-order valence-corrected chi connectivity index (χ4v) is 2.74. The molecule has 0 aliphatic rings. The van der Waals surface area contributed by atoms with E-state index >= 15 is 0 Å². The monoisotopic (exact) mass is 291 g/mol.